The van der Waals surface area contributed by atoms with E-state index in [-0.39, 0.29) is 0 Å². The van der Waals surface area contributed by atoms with Gasteiger partial charge >= 0.3 is 0 Å². The molecule has 1 aromatic heterocycles. The minimum Gasteiger partial charge on any atom is -0.345 e. The number of nitrogens with zero attached hydrogens (tertiary/aromatic N) is 1. The highest BCUT2D eigenvalue weighted by atomic mass is 15.0. The molecule has 0 aliphatic carbocycles. The molecular weight excluding hydrogens is 196 g/mol. The summed E-state index contributed by atoms with van der Waals surface area (Å²) in [4.78, 5) is 0. The van der Waals surface area contributed by atoms with Gasteiger partial charge in [0.25, 0.3) is 0 Å². The van der Waals surface area contributed by atoms with Crippen LogP contribution in [0.1, 0.15) is 24.6 Å². The van der Waals surface area contributed by atoms with Crippen LogP contribution in [0.2, 0.25) is 0 Å². The lowest BCUT2D eigenvalue weighted by atomic mass is 10.1. The Morgan fingerprint density at radius 3 is 2.81 bits per heavy atom. The van der Waals surface area contributed by atoms with Crippen molar-refractivity contribution >= 4 is 10.9 Å². The number of rotatable bonds is 4. The third kappa shape index (κ3) is 1.85. The maximum Gasteiger partial charge on any atom is 0.0514 e. The van der Waals surface area contributed by atoms with E-state index in [0.717, 1.165) is 25.9 Å². The van der Waals surface area contributed by atoms with Crippen molar-refractivity contribution in [3.05, 3.63) is 35.5 Å². The first-order valence-corrected chi connectivity index (χ1v) is 6.05. The molecule has 0 bridgehead atoms. The highest BCUT2D eigenvalue weighted by Crippen LogP contribution is 2.24. The molecule has 0 radical (unpaired) electrons. The average Bonchev–Trinajstić information content (AvgIpc) is 2.62. The smallest absolute Gasteiger partial charge is 0.0514 e. The standard InChI is InChI=1S/C14H20N2/c1-3-12-6-4-7-13-10-11(2)16(14(12)13)9-5-8-15/h4,6-7,10H,3,5,8-9,15H2,1-2H3. The number of fused-ring (bicyclic) bond motifs is 1. The van der Waals surface area contributed by atoms with Gasteiger partial charge in [0.15, 0.2) is 0 Å². The molecule has 0 spiro atoms. The van der Waals surface area contributed by atoms with Crippen molar-refractivity contribution in [1.82, 2.24) is 4.57 Å². The van der Waals surface area contributed by atoms with Crippen molar-refractivity contribution in [1.29, 1.82) is 0 Å². The second-order valence-electron chi connectivity index (χ2n) is 4.29. The Balaban J connectivity index is 2.56. The molecule has 0 aliphatic heterocycles. The van der Waals surface area contributed by atoms with Crippen LogP contribution in [0.5, 0.6) is 0 Å². The summed E-state index contributed by atoms with van der Waals surface area (Å²) in [6.07, 6.45) is 2.13. The Morgan fingerprint density at radius 2 is 2.12 bits per heavy atom. The molecule has 2 N–H and O–H groups in total. The number of aryl methyl sites for hydroxylation is 3. The molecule has 86 valence electrons. The molecule has 2 heteroatoms. The Morgan fingerprint density at radius 1 is 1.31 bits per heavy atom. The highest BCUT2D eigenvalue weighted by molar-refractivity contribution is 5.84. The molecule has 0 amide bonds. The summed E-state index contributed by atoms with van der Waals surface area (Å²) < 4.78 is 2.40. The van der Waals surface area contributed by atoms with Crippen LogP contribution in [-0.4, -0.2) is 11.1 Å². The van der Waals surface area contributed by atoms with Gasteiger partial charge in [-0.2, -0.15) is 0 Å². The molecule has 2 aromatic rings. The van der Waals surface area contributed by atoms with E-state index in [1.54, 1.807) is 0 Å². The zero-order valence-electron chi connectivity index (χ0n) is 10.2. The van der Waals surface area contributed by atoms with E-state index in [1.165, 1.54) is 22.2 Å². The van der Waals surface area contributed by atoms with Crippen LogP contribution < -0.4 is 5.73 Å². The van der Waals surface area contributed by atoms with Gasteiger partial charge in [0.05, 0.1) is 5.52 Å². The van der Waals surface area contributed by atoms with Crippen LogP contribution in [0.25, 0.3) is 10.9 Å². The average molecular weight is 216 g/mol. The van der Waals surface area contributed by atoms with Crippen LogP contribution in [0, 0.1) is 6.92 Å². The van der Waals surface area contributed by atoms with Crippen molar-refractivity contribution in [2.24, 2.45) is 5.73 Å². The summed E-state index contributed by atoms with van der Waals surface area (Å²) in [5, 5.41) is 1.36. The van der Waals surface area contributed by atoms with Crippen LogP contribution in [0.15, 0.2) is 24.3 Å². The summed E-state index contributed by atoms with van der Waals surface area (Å²) >= 11 is 0. The van der Waals surface area contributed by atoms with Gasteiger partial charge in [-0.05, 0) is 37.9 Å². The molecule has 0 unspecified atom stereocenters. The third-order valence-corrected chi connectivity index (χ3v) is 3.18. The quantitative estimate of drug-likeness (QED) is 0.837. The van der Waals surface area contributed by atoms with E-state index in [9.17, 15) is 0 Å². The van der Waals surface area contributed by atoms with Crippen LogP contribution in [-0.2, 0) is 13.0 Å². The largest absolute Gasteiger partial charge is 0.345 e. The molecule has 0 atom stereocenters. The molecule has 2 nitrogen and oxygen atoms in total. The SMILES string of the molecule is CCc1cccc2cc(C)n(CCCN)c12. The number of nitrogens with two attached hydrogens (primary N) is 1. The van der Waals surface area contributed by atoms with Gasteiger partial charge in [-0.1, -0.05) is 25.1 Å². The summed E-state index contributed by atoms with van der Waals surface area (Å²) in [6.45, 7) is 6.18. The van der Waals surface area contributed by atoms with E-state index in [2.05, 4.69) is 42.7 Å². The van der Waals surface area contributed by atoms with Crippen LogP contribution in [0.4, 0.5) is 0 Å². The number of benzene rings is 1. The van der Waals surface area contributed by atoms with Gasteiger partial charge in [0, 0.05) is 17.6 Å². The van der Waals surface area contributed by atoms with Gasteiger partial charge in [0.2, 0.25) is 0 Å². The second-order valence-corrected chi connectivity index (χ2v) is 4.29. The number of hydrogen-bond acceptors (Lipinski definition) is 1. The van der Waals surface area contributed by atoms with Gasteiger partial charge in [0.1, 0.15) is 0 Å². The van der Waals surface area contributed by atoms with Gasteiger partial charge in [-0.25, -0.2) is 0 Å². The topological polar surface area (TPSA) is 30.9 Å². The Kier molecular flexibility index (Phi) is 3.30. The van der Waals surface area contributed by atoms with Crippen LogP contribution in [0.3, 0.4) is 0 Å². The summed E-state index contributed by atoms with van der Waals surface area (Å²) in [7, 11) is 0. The Hall–Kier alpha value is -1.28. The lowest BCUT2D eigenvalue weighted by molar-refractivity contribution is 0.655. The maximum absolute atomic E-state index is 5.60. The van der Waals surface area contributed by atoms with Gasteiger partial charge in [-0.3, -0.25) is 0 Å². The predicted octanol–water partition coefficient (Wildman–Crippen LogP) is 2.86. The van der Waals surface area contributed by atoms with Crippen molar-refractivity contribution in [3.8, 4) is 0 Å². The molecular formula is C14H20N2. The molecule has 0 fully saturated rings. The molecule has 0 saturated heterocycles. The van der Waals surface area contributed by atoms with E-state index in [1.807, 2.05) is 0 Å². The van der Waals surface area contributed by atoms with Gasteiger partial charge < -0.3 is 10.3 Å². The monoisotopic (exact) mass is 216 g/mol. The lowest BCUT2D eigenvalue weighted by Gasteiger charge is -2.10. The first-order chi connectivity index (χ1) is 7.77. The summed E-state index contributed by atoms with van der Waals surface area (Å²) in [5.74, 6) is 0. The molecule has 1 aromatic carbocycles. The van der Waals surface area contributed by atoms with Crippen molar-refractivity contribution in [2.45, 2.75) is 33.2 Å². The fourth-order valence-corrected chi connectivity index (χ4v) is 2.36. The van der Waals surface area contributed by atoms with Crippen molar-refractivity contribution in [2.75, 3.05) is 6.54 Å². The number of para-hydroxylation sites is 1. The predicted molar refractivity (Wildman–Crippen MR) is 69.7 cm³/mol. The first kappa shape index (κ1) is 11.2. The fraction of sp³-hybridized carbons (Fsp3) is 0.429. The normalized spacial score (nSPS) is 11.2. The molecule has 0 saturated carbocycles. The van der Waals surface area contributed by atoms with E-state index in [0.29, 0.717) is 0 Å². The lowest BCUT2D eigenvalue weighted by Crippen LogP contribution is -2.07. The van der Waals surface area contributed by atoms with E-state index < -0.39 is 0 Å². The minimum absolute atomic E-state index is 0.757. The summed E-state index contributed by atoms with van der Waals surface area (Å²) in [6, 6.07) is 8.83. The number of hydrogen-bond donors (Lipinski definition) is 1. The van der Waals surface area contributed by atoms with Gasteiger partial charge in [-0.15, -0.1) is 0 Å². The minimum atomic E-state index is 0.757. The van der Waals surface area contributed by atoms with E-state index in [4.69, 9.17) is 5.73 Å². The van der Waals surface area contributed by atoms with E-state index >= 15 is 0 Å². The highest BCUT2D eigenvalue weighted by Gasteiger charge is 2.08. The first-order valence-electron chi connectivity index (χ1n) is 6.05. The number of aromatic nitrogens is 1. The zero-order valence-corrected chi connectivity index (χ0v) is 10.2. The summed E-state index contributed by atoms with van der Waals surface area (Å²) in [5.41, 5.74) is 9.77. The maximum atomic E-state index is 5.60. The second kappa shape index (κ2) is 4.71. The fourth-order valence-electron chi connectivity index (χ4n) is 2.36. The van der Waals surface area contributed by atoms with Crippen molar-refractivity contribution < 1.29 is 0 Å². The molecule has 2 rings (SSSR count). The Bertz CT molecular complexity index is 483. The van der Waals surface area contributed by atoms with Crippen LogP contribution >= 0.6 is 0 Å². The Labute approximate surface area is 97.1 Å². The molecule has 16 heavy (non-hydrogen) atoms. The van der Waals surface area contributed by atoms with Crippen molar-refractivity contribution in [3.63, 3.8) is 0 Å². The zero-order chi connectivity index (χ0) is 11.5. The third-order valence-electron chi connectivity index (χ3n) is 3.18. The molecule has 0 aliphatic rings. The molecule has 1 heterocycles.